The van der Waals surface area contributed by atoms with Gasteiger partial charge >= 0.3 is 0 Å². The fraction of sp³-hybridized carbons (Fsp3) is 1.00. The van der Waals surface area contributed by atoms with Crippen molar-refractivity contribution >= 4 is 0 Å². The molecule has 0 fully saturated rings. The number of methoxy groups -OCH3 is 1. The minimum absolute atomic E-state index is 0.830. The second kappa shape index (κ2) is 16.0. The van der Waals surface area contributed by atoms with Gasteiger partial charge in [-0.25, -0.2) is 0 Å². The number of nitrogens with one attached hydrogen (secondary N) is 1. The van der Waals surface area contributed by atoms with Gasteiger partial charge in [0.2, 0.25) is 0 Å². The van der Waals surface area contributed by atoms with Crippen LogP contribution >= 0.6 is 0 Å². The smallest absolute Gasteiger partial charge is 0.0587 e. The summed E-state index contributed by atoms with van der Waals surface area (Å²) in [4.78, 5) is 0. The van der Waals surface area contributed by atoms with Crippen molar-refractivity contribution in [3.8, 4) is 0 Å². The summed E-state index contributed by atoms with van der Waals surface area (Å²) < 4.78 is 5.07. The van der Waals surface area contributed by atoms with Gasteiger partial charge in [0.1, 0.15) is 0 Å². The maximum absolute atomic E-state index is 5.07. The Balaban J connectivity index is 3.42. The molecular formula is C17H37NO. The van der Waals surface area contributed by atoms with Gasteiger partial charge in [-0.05, 0) is 25.3 Å². The Kier molecular flexibility index (Phi) is 15.9. The van der Waals surface area contributed by atoms with Crippen LogP contribution in [-0.2, 0) is 4.74 Å². The maximum atomic E-state index is 5.07. The molecule has 19 heavy (non-hydrogen) atoms. The molecule has 0 rings (SSSR count). The zero-order valence-corrected chi connectivity index (χ0v) is 13.7. The minimum Gasteiger partial charge on any atom is -0.383 e. The van der Waals surface area contributed by atoms with Gasteiger partial charge in [0.15, 0.2) is 0 Å². The number of rotatable bonds is 15. The molecule has 1 N–H and O–H groups in total. The van der Waals surface area contributed by atoms with Gasteiger partial charge in [-0.1, -0.05) is 65.2 Å². The van der Waals surface area contributed by atoms with E-state index in [9.17, 15) is 0 Å². The number of hydrogen-bond donors (Lipinski definition) is 1. The van der Waals surface area contributed by atoms with E-state index >= 15 is 0 Å². The number of unbranched alkanes of at least 4 members (excludes halogenated alkanes) is 6. The van der Waals surface area contributed by atoms with Gasteiger partial charge in [0.05, 0.1) is 6.61 Å². The van der Waals surface area contributed by atoms with Crippen molar-refractivity contribution in [2.24, 2.45) is 5.92 Å². The number of ether oxygens (including phenoxy) is 1. The lowest BCUT2D eigenvalue weighted by Crippen LogP contribution is -2.26. The molecule has 0 spiro atoms. The van der Waals surface area contributed by atoms with E-state index in [1.54, 1.807) is 7.11 Å². The lowest BCUT2D eigenvalue weighted by atomic mass is 9.96. The summed E-state index contributed by atoms with van der Waals surface area (Å²) >= 11 is 0. The predicted octanol–water partition coefficient (Wildman–Crippen LogP) is 4.78. The first-order chi connectivity index (χ1) is 9.35. The zero-order chi connectivity index (χ0) is 14.2. The molecule has 0 bridgehead atoms. The van der Waals surface area contributed by atoms with Crippen molar-refractivity contribution in [3.63, 3.8) is 0 Å². The van der Waals surface area contributed by atoms with Crippen molar-refractivity contribution in [2.75, 3.05) is 26.8 Å². The van der Waals surface area contributed by atoms with Crippen LogP contribution in [0.25, 0.3) is 0 Å². The summed E-state index contributed by atoms with van der Waals surface area (Å²) in [7, 11) is 1.77. The second-order valence-corrected chi connectivity index (χ2v) is 5.76. The highest BCUT2D eigenvalue weighted by Crippen LogP contribution is 2.16. The van der Waals surface area contributed by atoms with Crippen LogP contribution in [-0.4, -0.2) is 26.8 Å². The van der Waals surface area contributed by atoms with Gasteiger partial charge in [-0.15, -0.1) is 0 Å². The molecule has 0 saturated heterocycles. The van der Waals surface area contributed by atoms with Gasteiger partial charge in [0.25, 0.3) is 0 Å². The Morgan fingerprint density at radius 1 is 0.842 bits per heavy atom. The highest BCUT2D eigenvalue weighted by molar-refractivity contribution is 4.63. The van der Waals surface area contributed by atoms with Crippen LogP contribution in [0.2, 0.25) is 0 Å². The largest absolute Gasteiger partial charge is 0.383 e. The summed E-state index contributed by atoms with van der Waals surface area (Å²) in [5.41, 5.74) is 0. The van der Waals surface area contributed by atoms with E-state index in [2.05, 4.69) is 19.2 Å². The molecule has 0 heterocycles. The topological polar surface area (TPSA) is 21.3 Å². The summed E-state index contributed by atoms with van der Waals surface area (Å²) in [6.45, 7) is 7.58. The fourth-order valence-corrected chi connectivity index (χ4v) is 2.63. The van der Waals surface area contributed by atoms with Gasteiger partial charge in [0, 0.05) is 13.7 Å². The van der Waals surface area contributed by atoms with E-state index in [4.69, 9.17) is 4.74 Å². The second-order valence-electron chi connectivity index (χ2n) is 5.76. The van der Waals surface area contributed by atoms with Crippen LogP contribution in [0.5, 0.6) is 0 Å². The number of hydrogen-bond acceptors (Lipinski definition) is 2. The standard InChI is InChI=1S/C17H37NO/c1-4-6-7-8-9-10-11-13-17(12-5-2)16-18-14-15-19-3/h17-18H,4-16H2,1-3H3. The first-order valence-corrected chi connectivity index (χ1v) is 8.54. The normalized spacial score (nSPS) is 12.8. The third-order valence-electron chi connectivity index (χ3n) is 3.83. The Bertz CT molecular complexity index is 161. The first kappa shape index (κ1) is 18.9. The minimum atomic E-state index is 0.830. The lowest BCUT2D eigenvalue weighted by Gasteiger charge is -2.16. The predicted molar refractivity (Wildman–Crippen MR) is 85.8 cm³/mol. The molecule has 0 aromatic heterocycles. The molecule has 0 aliphatic heterocycles. The van der Waals surface area contributed by atoms with Gasteiger partial charge in [-0.3, -0.25) is 0 Å². The van der Waals surface area contributed by atoms with Crippen molar-refractivity contribution in [1.29, 1.82) is 0 Å². The summed E-state index contributed by atoms with van der Waals surface area (Å²) in [6.07, 6.45) is 14.0. The maximum Gasteiger partial charge on any atom is 0.0587 e. The van der Waals surface area contributed by atoms with Crippen LogP contribution < -0.4 is 5.32 Å². The molecule has 0 aliphatic carbocycles. The molecule has 0 aromatic carbocycles. The average molecular weight is 271 g/mol. The van der Waals surface area contributed by atoms with E-state index in [0.717, 1.165) is 19.1 Å². The Hall–Kier alpha value is -0.0800. The molecule has 116 valence electrons. The Morgan fingerprint density at radius 3 is 2.16 bits per heavy atom. The van der Waals surface area contributed by atoms with E-state index in [-0.39, 0.29) is 0 Å². The van der Waals surface area contributed by atoms with E-state index in [1.165, 1.54) is 70.8 Å². The summed E-state index contributed by atoms with van der Waals surface area (Å²) in [5, 5.41) is 3.52. The molecule has 2 heteroatoms. The van der Waals surface area contributed by atoms with Crippen LogP contribution in [0.1, 0.15) is 78.1 Å². The molecule has 0 saturated carbocycles. The van der Waals surface area contributed by atoms with Crippen LogP contribution in [0.4, 0.5) is 0 Å². The van der Waals surface area contributed by atoms with E-state index in [0.29, 0.717) is 0 Å². The Labute approximate surface area is 121 Å². The Morgan fingerprint density at radius 2 is 1.53 bits per heavy atom. The van der Waals surface area contributed by atoms with Gasteiger partial charge < -0.3 is 10.1 Å². The fourth-order valence-electron chi connectivity index (χ4n) is 2.63. The molecule has 0 aromatic rings. The lowest BCUT2D eigenvalue weighted by molar-refractivity contribution is 0.197. The van der Waals surface area contributed by atoms with Crippen LogP contribution in [0.15, 0.2) is 0 Å². The van der Waals surface area contributed by atoms with E-state index in [1.807, 2.05) is 0 Å². The highest BCUT2D eigenvalue weighted by Gasteiger charge is 2.06. The summed E-state index contributed by atoms with van der Waals surface area (Å²) in [6, 6.07) is 0. The van der Waals surface area contributed by atoms with Crippen LogP contribution in [0, 0.1) is 5.92 Å². The molecule has 2 nitrogen and oxygen atoms in total. The molecule has 1 unspecified atom stereocenters. The molecule has 0 aliphatic rings. The highest BCUT2D eigenvalue weighted by atomic mass is 16.5. The van der Waals surface area contributed by atoms with Gasteiger partial charge in [-0.2, -0.15) is 0 Å². The van der Waals surface area contributed by atoms with Crippen molar-refractivity contribution in [1.82, 2.24) is 5.32 Å². The molecule has 0 radical (unpaired) electrons. The van der Waals surface area contributed by atoms with Crippen molar-refractivity contribution in [3.05, 3.63) is 0 Å². The molecule has 0 amide bonds. The first-order valence-electron chi connectivity index (χ1n) is 8.54. The monoisotopic (exact) mass is 271 g/mol. The summed E-state index contributed by atoms with van der Waals surface area (Å²) in [5.74, 6) is 0.873. The van der Waals surface area contributed by atoms with Crippen molar-refractivity contribution < 1.29 is 4.74 Å². The quantitative estimate of drug-likeness (QED) is 0.433. The van der Waals surface area contributed by atoms with Crippen molar-refractivity contribution in [2.45, 2.75) is 78.1 Å². The zero-order valence-electron chi connectivity index (χ0n) is 13.7. The molecule has 1 atom stereocenters. The average Bonchev–Trinajstić information content (AvgIpc) is 2.42. The molecular weight excluding hydrogens is 234 g/mol. The third kappa shape index (κ3) is 14.1. The van der Waals surface area contributed by atoms with E-state index < -0.39 is 0 Å². The SMILES string of the molecule is CCCCCCCCCC(CCC)CNCCOC. The third-order valence-corrected chi connectivity index (χ3v) is 3.83. The van der Waals surface area contributed by atoms with Crippen LogP contribution in [0.3, 0.4) is 0 Å².